The maximum Gasteiger partial charge on any atom is 0.407 e. The zero-order valence-corrected chi connectivity index (χ0v) is 14.5. The van der Waals surface area contributed by atoms with E-state index in [9.17, 15) is 14.4 Å². The van der Waals surface area contributed by atoms with Crippen molar-refractivity contribution in [2.24, 2.45) is 0 Å². The molecule has 1 aliphatic heterocycles. The zero-order valence-electron chi connectivity index (χ0n) is 13.7. The van der Waals surface area contributed by atoms with Gasteiger partial charge in [0.1, 0.15) is 5.60 Å². The third-order valence-electron chi connectivity index (χ3n) is 3.13. The monoisotopic (exact) mass is 340 g/mol. The molecule has 2 heterocycles. The number of aryl methyl sites for hydroxylation is 2. The Balaban J connectivity index is 2.26. The fourth-order valence-corrected chi connectivity index (χ4v) is 3.36. The van der Waals surface area contributed by atoms with Crippen LogP contribution in [0.15, 0.2) is 0 Å². The number of aromatic nitrogens is 1. The summed E-state index contributed by atoms with van der Waals surface area (Å²) in [6.45, 7) is 8.66. The van der Waals surface area contributed by atoms with Crippen molar-refractivity contribution in [2.45, 2.75) is 45.8 Å². The van der Waals surface area contributed by atoms with Gasteiger partial charge in [-0.3, -0.25) is 10.1 Å². The predicted octanol–water partition coefficient (Wildman–Crippen LogP) is 1.32. The second-order valence-electron chi connectivity index (χ2n) is 6.32. The van der Waals surface area contributed by atoms with Crippen LogP contribution in [0.4, 0.5) is 9.59 Å². The van der Waals surface area contributed by atoms with Gasteiger partial charge in [-0.2, -0.15) is 0 Å². The number of rotatable bonds is 3. The standard InChI is InChI=1S/C14H20N4O4S/c1-7-9(23-8(2)16-7)14(10(19)17-11(20)18-14)6-15-12(21)22-13(3,4)5/h6H2,1-5H3,(H,15,21)(H2,17,18,19,20)/t14-/m0/s1. The lowest BCUT2D eigenvalue weighted by molar-refractivity contribution is -0.124. The SMILES string of the molecule is Cc1nc(C)c([C@]2(CNC(=O)OC(C)(C)C)NC(=O)NC2=O)s1. The number of urea groups is 1. The molecule has 126 valence electrons. The molecule has 1 aromatic rings. The van der Waals surface area contributed by atoms with Crippen LogP contribution in [0.3, 0.4) is 0 Å². The smallest absolute Gasteiger partial charge is 0.407 e. The molecule has 8 nitrogen and oxygen atoms in total. The maximum atomic E-state index is 12.4. The number of hydrogen-bond acceptors (Lipinski definition) is 6. The minimum Gasteiger partial charge on any atom is -0.444 e. The quantitative estimate of drug-likeness (QED) is 0.719. The van der Waals surface area contributed by atoms with Gasteiger partial charge in [0.05, 0.1) is 22.1 Å². The molecule has 0 saturated carbocycles. The van der Waals surface area contributed by atoms with Crippen molar-refractivity contribution in [1.82, 2.24) is 20.9 Å². The van der Waals surface area contributed by atoms with Gasteiger partial charge in [0.2, 0.25) is 0 Å². The van der Waals surface area contributed by atoms with Crippen molar-refractivity contribution >= 4 is 29.4 Å². The molecular formula is C14H20N4O4S. The molecular weight excluding hydrogens is 320 g/mol. The molecule has 1 aromatic heterocycles. The number of nitrogens with zero attached hydrogens (tertiary/aromatic N) is 1. The van der Waals surface area contributed by atoms with E-state index in [1.165, 1.54) is 11.3 Å². The lowest BCUT2D eigenvalue weighted by Gasteiger charge is -2.27. The number of amides is 4. The Bertz CT molecular complexity index is 664. The molecule has 0 aliphatic carbocycles. The van der Waals surface area contributed by atoms with Gasteiger partial charge in [-0.15, -0.1) is 11.3 Å². The van der Waals surface area contributed by atoms with Gasteiger partial charge >= 0.3 is 12.1 Å². The van der Waals surface area contributed by atoms with E-state index in [4.69, 9.17) is 4.74 Å². The normalized spacial score (nSPS) is 20.9. The molecule has 0 aromatic carbocycles. The van der Waals surface area contributed by atoms with E-state index in [1.54, 1.807) is 27.7 Å². The molecule has 0 unspecified atom stereocenters. The third-order valence-corrected chi connectivity index (χ3v) is 4.36. The molecule has 0 spiro atoms. The second kappa shape index (κ2) is 5.80. The Hall–Kier alpha value is -2.16. The first-order valence-electron chi connectivity index (χ1n) is 7.08. The summed E-state index contributed by atoms with van der Waals surface area (Å²) in [6.07, 6.45) is -0.662. The van der Waals surface area contributed by atoms with Crippen LogP contribution in [0.5, 0.6) is 0 Å². The van der Waals surface area contributed by atoms with Crippen molar-refractivity contribution in [3.8, 4) is 0 Å². The Kier molecular flexibility index (Phi) is 4.34. The fourth-order valence-electron chi connectivity index (χ4n) is 2.30. The van der Waals surface area contributed by atoms with Gasteiger partial charge in [0.25, 0.3) is 5.91 Å². The van der Waals surface area contributed by atoms with Crippen molar-refractivity contribution in [2.75, 3.05) is 6.54 Å². The van der Waals surface area contributed by atoms with Crippen molar-refractivity contribution < 1.29 is 19.1 Å². The van der Waals surface area contributed by atoms with E-state index in [0.29, 0.717) is 10.6 Å². The highest BCUT2D eigenvalue weighted by atomic mass is 32.1. The van der Waals surface area contributed by atoms with Gasteiger partial charge in [-0.25, -0.2) is 14.6 Å². The number of alkyl carbamates (subject to hydrolysis) is 1. The average molecular weight is 340 g/mol. The Morgan fingerprint density at radius 1 is 1.35 bits per heavy atom. The van der Waals surface area contributed by atoms with Gasteiger partial charge < -0.3 is 15.4 Å². The zero-order chi connectivity index (χ0) is 17.4. The molecule has 0 radical (unpaired) electrons. The molecule has 3 N–H and O–H groups in total. The summed E-state index contributed by atoms with van der Waals surface area (Å²) in [5.41, 5.74) is -1.39. The van der Waals surface area contributed by atoms with Gasteiger partial charge in [-0.05, 0) is 34.6 Å². The van der Waals surface area contributed by atoms with E-state index >= 15 is 0 Å². The van der Waals surface area contributed by atoms with E-state index in [1.807, 2.05) is 6.92 Å². The van der Waals surface area contributed by atoms with E-state index in [0.717, 1.165) is 5.01 Å². The Morgan fingerprint density at radius 2 is 2.00 bits per heavy atom. The number of ether oxygens (including phenoxy) is 1. The van der Waals surface area contributed by atoms with Gasteiger partial charge in [0, 0.05) is 0 Å². The highest BCUT2D eigenvalue weighted by Gasteiger charge is 2.50. The molecule has 0 bridgehead atoms. The molecule has 23 heavy (non-hydrogen) atoms. The lowest BCUT2D eigenvalue weighted by atomic mass is 9.96. The molecule has 9 heteroatoms. The first-order valence-corrected chi connectivity index (χ1v) is 7.90. The topological polar surface area (TPSA) is 109 Å². The maximum absolute atomic E-state index is 12.4. The van der Waals surface area contributed by atoms with Crippen LogP contribution >= 0.6 is 11.3 Å². The summed E-state index contributed by atoms with van der Waals surface area (Å²) >= 11 is 1.30. The number of carbonyl (C=O) groups is 3. The summed E-state index contributed by atoms with van der Waals surface area (Å²) in [5.74, 6) is -0.523. The minimum atomic E-state index is -1.37. The van der Waals surface area contributed by atoms with Crippen LogP contribution in [0.2, 0.25) is 0 Å². The number of nitrogens with one attached hydrogen (secondary N) is 3. The van der Waals surface area contributed by atoms with Crippen molar-refractivity contribution in [3.05, 3.63) is 15.6 Å². The van der Waals surface area contributed by atoms with Crippen LogP contribution in [0, 0.1) is 13.8 Å². The van der Waals surface area contributed by atoms with Crippen molar-refractivity contribution in [3.63, 3.8) is 0 Å². The number of imide groups is 1. The van der Waals surface area contributed by atoms with Crippen molar-refractivity contribution in [1.29, 1.82) is 0 Å². The Labute approximate surface area is 138 Å². The molecule has 1 atom stereocenters. The average Bonchev–Trinajstić information content (AvgIpc) is 2.85. The summed E-state index contributed by atoms with van der Waals surface area (Å²) in [5, 5.41) is 8.14. The predicted molar refractivity (Wildman–Crippen MR) is 84.2 cm³/mol. The van der Waals surface area contributed by atoms with E-state index in [-0.39, 0.29) is 6.54 Å². The lowest BCUT2D eigenvalue weighted by Crippen LogP contribution is -2.53. The summed E-state index contributed by atoms with van der Waals surface area (Å²) in [7, 11) is 0. The molecule has 4 amide bonds. The Morgan fingerprint density at radius 3 is 2.43 bits per heavy atom. The van der Waals surface area contributed by atoms with Crippen LogP contribution in [-0.4, -0.2) is 35.2 Å². The van der Waals surface area contributed by atoms with Crippen LogP contribution in [0.25, 0.3) is 0 Å². The second-order valence-corrected chi connectivity index (χ2v) is 7.52. The van der Waals surface area contributed by atoms with E-state index in [2.05, 4.69) is 20.9 Å². The highest BCUT2D eigenvalue weighted by Crippen LogP contribution is 2.32. The third kappa shape index (κ3) is 3.61. The molecule has 1 aliphatic rings. The van der Waals surface area contributed by atoms with Crippen LogP contribution < -0.4 is 16.0 Å². The van der Waals surface area contributed by atoms with Gasteiger partial charge in [0.15, 0.2) is 5.54 Å². The highest BCUT2D eigenvalue weighted by molar-refractivity contribution is 7.12. The van der Waals surface area contributed by atoms with Crippen LogP contribution in [0.1, 0.15) is 36.3 Å². The molecule has 1 saturated heterocycles. The summed E-state index contributed by atoms with van der Waals surface area (Å²) in [6, 6.07) is -0.605. The first-order chi connectivity index (χ1) is 10.5. The number of hydrogen-bond donors (Lipinski definition) is 3. The molecule has 2 rings (SSSR count). The summed E-state index contributed by atoms with van der Waals surface area (Å²) in [4.78, 5) is 40.7. The summed E-state index contributed by atoms with van der Waals surface area (Å²) < 4.78 is 5.17. The van der Waals surface area contributed by atoms with Gasteiger partial charge in [-0.1, -0.05) is 0 Å². The minimum absolute atomic E-state index is 0.123. The largest absolute Gasteiger partial charge is 0.444 e. The van der Waals surface area contributed by atoms with E-state index < -0.39 is 29.2 Å². The fraction of sp³-hybridized carbons (Fsp3) is 0.571. The number of thiazole rings is 1. The molecule has 1 fully saturated rings. The van der Waals surface area contributed by atoms with Crippen LogP contribution in [-0.2, 0) is 15.1 Å². The number of carbonyl (C=O) groups excluding carboxylic acids is 3. The first kappa shape index (κ1) is 17.2.